The summed E-state index contributed by atoms with van der Waals surface area (Å²) in [4.78, 5) is 3.41. The Hall–Kier alpha value is -1.68. The van der Waals surface area contributed by atoms with E-state index >= 15 is 0 Å². The third kappa shape index (κ3) is 2.89. The molecular weight excluding hydrogens is 235 g/mol. The minimum atomic E-state index is -4.90. The van der Waals surface area contributed by atoms with Crippen molar-refractivity contribution in [3.05, 3.63) is 16.9 Å². The van der Waals surface area contributed by atoms with Crippen LogP contribution in [0.1, 0.15) is 5.69 Å². The topological polar surface area (TPSA) is 71.9 Å². The molecule has 0 radical (unpaired) electrons. The monoisotopic (exact) mass is 237 g/mol. The molecule has 0 aliphatic rings. The number of ether oxygens (including phenoxy) is 1. The van der Waals surface area contributed by atoms with E-state index in [9.17, 15) is 13.2 Å². The van der Waals surface area contributed by atoms with Crippen LogP contribution in [0, 0.1) is 11.3 Å². The number of nitrogens with two attached hydrogens (primary N) is 1. The molecule has 0 atom stereocenters. The standard InChI is InChI=1S/C7H3ClF3N3O/c8-6-5(13)4(15-7(9,10)11)1-3(2-12)14-6/h1H,13H2. The summed E-state index contributed by atoms with van der Waals surface area (Å²) in [6.45, 7) is 0. The zero-order chi connectivity index (χ0) is 11.6. The number of rotatable bonds is 1. The average molecular weight is 238 g/mol. The Morgan fingerprint density at radius 3 is 2.60 bits per heavy atom. The molecule has 0 unspecified atom stereocenters. The third-order valence-electron chi connectivity index (χ3n) is 1.31. The molecule has 0 saturated heterocycles. The Kier molecular flexibility index (Phi) is 2.90. The zero-order valence-corrected chi connectivity index (χ0v) is 7.73. The number of aromatic nitrogens is 1. The van der Waals surface area contributed by atoms with Gasteiger partial charge in [-0.1, -0.05) is 11.6 Å². The molecule has 0 fully saturated rings. The van der Waals surface area contributed by atoms with Crippen LogP contribution in [0.4, 0.5) is 18.9 Å². The molecule has 2 N–H and O–H groups in total. The van der Waals surface area contributed by atoms with E-state index in [-0.39, 0.29) is 5.69 Å². The molecule has 1 aromatic rings. The minimum absolute atomic E-state index is 0.312. The molecule has 1 rings (SSSR count). The highest BCUT2D eigenvalue weighted by molar-refractivity contribution is 6.32. The summed E-state index contributed by atoms with van der Waals surface area (Å²) in [6.07, 6.45) is -4.90. The number of alkyl halides is 3. The number of hydrogen-bond donors (Lipinski definition) is 1. The van der Waals surface area contributed by atoms with Crippen LogP contribution in [0.2, 0.25) is 5.15 Å². The van der Waals surface area contributed by atoms with Crippen LogP contribution in [0.25, 0.3) is 0 Å². The lowest BCUT2D eigenvalue weighted by molar-refractivity contribution is -0.274. The van der Waals surface area contributed by atoms with Crippen molar-refractivity contribution in [1.82, 2.24) is 4.98 Å². The average Bonchev–Trinajstić information content (AvgIpc) is 2.10. The summed E-state index contributed by atoms with van der Waals surface area (Å²) in [7, 11) is 0. The van der Waals surface area contributed by atoms with Crippen LogP contribution in [-0.4, -0.2) is 11.3 Å². The number of nitriles is 1. The highest BCUT2D eigenvalue weighted by atomic mass is 35.5. The summed E-state index contributed by atoms with van der Waals surface area (Å²) in [5, 5.41) is 8.02. The molecule has 0 spiro atoms. The van der Waals surface area contributed by atoms with Gasteiger partial charge in [0.05, 0.1) is 0 Å². The van der Waals surface area contributed by atoms with Gasteiger partial charge in [-0.2, -0.15) is 5.26 Å². The van der Waals surface area contributed by atoms with Gasteiger partial charge < -0.3 is 10.5 Å². The van der Waals surface area contributed by atoms with Gasteiger partial charge in [0.25, 0.3) is 0 Å². The Morgan fingerprint density at radius 2 is 2.13 bits per heavy atom. The predicted octanol–water partition coefficient (Wildman–Crippen LogP) is 2.09. The molecule has 0 aromatic carbocycles. The summed E-state index contributed by atoms with van der Waals surface area (Å²) in [5.41, 5.74) is 4.41. The second kappa shape index (κ2) is 3.82. The highest BCUT2D eigenvalue weighted by Crippen LogP contribution is 2.32. The fraction of sp³-hybridized carbons (Fsp3) is 0.143. The van der Waals surface area contributed by atoms with Crippen molar-refractivity contribution in [3.8, 4) is 11.8 Å². The molecule has 0 amide bonds. The van der Waals surface area contributed by atoms with E-state index in [2.05, 4.69) is 9.72 Å². The first-order chi connectivity index (χ1) is 6.83. The Labute approximate surface area is 87.0 Å². The van der Waals surface area contributed by atoms with Crippen molar-refractivity contribution in [1.29, 1.82) is 5.26 Å². The molecule has 0 bridgehead atoms. The van der Waals surface area contributed by atoms with E-state index < -0.39 is 23.0 Å². The van der Waals surface area contributed by atoms with E-state index in [1.807, 2.05) is 0 Å². The lowest BCUT2D eigenvalue weighted by Gasteiger charge is -2.11. The summed E-state index contributed by atoms with van der Waals surface area (Å²) in [5.74, 6) is -0.737. The van der Waals surface area contributed by atoms with Crippen molar-refractivity contribution in [2.24, 2.45) is 0 Å². The predicted molar refractivity (Wildman–Crippen MR) is 45.1 cm³/mol. The quantitative estimate of drug-likeness (QED) is 0.759. The molecule has 0 aliphatic heterocycles. The van der Waals surface area contributed by atoms with Gasteiger partial charge in [-0.05, 0) is 0 Å². The number of hydrogen-bond acceptors (Lipinski definition) is 4. The first kappa shape index (κ1) is 11.4. The first-order valence-corrected chi connectivity index (χ1v) is 3.83. The van der Waals surface area contributed by atoms with Crippen LogP contribution < -0.4 is 10.5 Å². The Morgan fingerprint density at radius 1 is 1.53 bits per heavy atom. The van der Waals surface area contributed by atoms with Gasteiger partial charge in [0.15, 0.2) is 10.9 Å². The van der Waals surface area contributed by atoms with Crippen molar-refractivity contribution in [3.63, 3.8) is 0 Å². The molecule has 0 saturated carbocycles. The number of anilines is 1. The molecule has 15 heavy (non-hydrogen) atoms. The molecule has 8 heteroatoms. The summed E-state index contributed by atoms with van der Waals surface area (Å²) < 4.78 is 39.1. The Bertz CT molecular complexity index is 427. The van der Waals surface area contributed by atoms with Crippen molar-refractivity contribution < 1.29 is 17.9 Å². The van der Waals surface area contributed by atoms with Gasteiger partial charge in [-0.15, -0.1) is 13.2 Å². The van der Waals surface area contributed by atoms with Gasteiger partial charge in [-0.3, -0.25) is 0 Å². The lowest BCUT2D eigenvalue weighted by Crippen LogP contribution is -2.18. The maximum Gasteiger partial charge on any atom is 0.573 e. The largest absolute Gasteiger partial charge is 0.573 e. The molecule has 1 heterocycles. The van der Waals surface area contributed by atoms with Crippen LogP contribution in [0.3, 0.4) is 0 Å². The summed E-state index contributed by atoms with van der Waals surface area (Å²) in [6, 6.07) is 2.28. The van der Waals surface area contributed by atoms with Crippen molar-refractivity contribution in [2.45, 2.75) is 6.36 Å². The highest BCUT2D eigenvalue weighted by Gasteiger charge is 2.32. The minimum Gasteiger partial charge on any atom is -0.403 e. The zero-order valence-electron chi connectivity index (χ0n) is 6.97. The van der Waals surface area contributed by atoms with Crippen molar-refractivity contribution >= 4 is 17.3 Å². The van der Waals surface area contributed by atoms with Crippen LogP contribution in [-0.2, 0) is 0 Å². The molecule has 4 nitrogen and oxygen atoms in total. The smallest absolute Gasteiger partial charge is 0.403 e. The molecular formula is C7H3ClF3N3O. The van der Waals surface area contributed by atoms with Gasteiger partial charge >= 0.3 is 6.36 Å². The van der Waals surface area contributed by atoms with E-state index in [4.69, 9.17) is 22.6 Å². The first-order valence-electron chi connectivity index (χ1n) is 3.45. The van der Waals surface area contributed by atoms with Gasteiger partial charge in [-0.25, -0.2) is 4.98 Å². The van der Waals surface area contributed by atoms with Crippen LogP contribution >= 0.6 is 11.6 Å². The number of nitrogens with zero attached hydrogens (tertiary/aromatic N) is 2. The number of halogens is 4. The Balaban J connectivity index is 3.18. The number of nitrogen functional groups attached to an aromatic ring is 1. The second-order valence-electron chi connectivity index (χ2n) is 2.37. The van der Waals surface area contributed by atoms with Crippen LogP contribution in [0.5, 0.6) is 5.75 Å². The maximum absolute atomic E-state index is 11.9. The number of pyridine rings is 1. The van der Waals surface area contributed by atoms with E-state index in [1.165, 1.54) is 6.07 Å². The molecule has 1 aromatic heterocycles. The molecule has 0 aliphatic carbocycles. The third-order valence-corrected chi connectivity index (χ3v) is 1.60. The van der Waals surface area contributed by atoms with Gasteiger partial charge in [0, 0.05) is 6.07 Å². The van der Waals surface area contributed by atoms with E-state index in [0.717, 1.165) is 6.07 Å². The van der Waals surface area contributed by atoms with Crippen molar-refractivity contribution in [2.75, 3.05) is 5.73 Å². The second-order valence-corrected chi connectivity index (χ2v) is 2.73. The van der Waals surface area contributed by atoms with Crippen LogP contribution in [0.15, 0.2) is 6.07 Å². The summed E-state index contributed by atoms with van der Waals surface area (Å²) >= 11 is 5.39. The fourth-order valence-electron chi connectivity index (χ4n) is 0.768. The normalized spacial score (nSPS) is 10.9. The fourth-order valence-corrected chi connectivity index (χ4v) is 0.952. The molecule has 80 valence electrons. The van der Waals surface area contributed by atoms with Gasteiger partial charge in [0.1, 0.15) is 17.5 Å². The van der Waals surface area contributed by atoms with E-state index in [1.54, 1.807) is 0 Å². The SMILES string of the molecule is N#Cc1cc(OC(F)(F)F)c(N)c(Cl)n1. The maximum atomic E-state index is 11.9. The van der Waals surface area contributed by atoms with E-state index in [0.29, 0.717) is 0 Å². The van der Waals surface area contributed by atoms with Gasteiger partial charge in [0.2, 0.25) is 0 Å². The lowest BCUT2D eigenvalue weighted by atomic mass is 10.3.